The largest absolute Gasteiger partial charge is 0.455 e. The molecule has 0 bridgehead atoms. The van der Waals surface area contributed by atoms with Gasteiger partial charge < -0.3 is 14.2 Å². The highest BCUT2D eigenvalue weighted by atomic mass is 35.5. The fourth-order valence-corrected chi connectivity index (χ4v) is 3.41. The molecule has 3 aromatic rings. The van der Waals surface area contributed by atoms with E-state index < -0.39 is 0 Å². The number of hydrogen-bond acceptors (Lipinski definition) is 5. The first-order chi connectivity index (χ1) is 13.3. The molecule has 1 saturated heterocycles. The van der Waals surface area contributed by atoms with Crippen LogP contribution in [0.1, 0.15) is 11.5 Å². The van der Waals surface area contributed by atoms with E-state index in [1.165, 1.54) is 0 Å². The molecule has 0 atom stereocenters. The van der Waals surface area contributed by atoms with Crippen molar-refractivity contribution in [3.8, 4) is 11.5 Å². The van der Waals surface area contributed by atoms with E-state index in [0.29, 0.717) is 5.88 Å². The molecule has 2 heterocycles. The Morgan fingerprint density at radius 3 is 2.44 bits per heavy atom. The summed E-state index contributed by atoms with van der Waals surface area (Å²) in [6, 6.07) is 20.0. The maximum Gasteiger partial charge on any atom is 0.151 e. The van der Waals surface area contributed by atoms with Crippen molar-refractivity contribution in [1.82, 2.24) is 10.1 Å². The number of anilines is 1. The molecule has 27 heavy (non-hydrogen) atoms. The highest BCUT2D eigenvalue weighted by Gasteiger charge is 2.21. The molecule has 0 saturated carbocycles. The zero-order chi connectivity index (χ0) is 18.5. The average molecular weight is 384 g/mol. The summed E-state index contributed by atoms with van der Waals surface area (Å²) in [6.45, 7) is 4.55. The molecule has 1 aromatic heterocycles. The Morgan fingerprint density at radius 1 is 0.963 bits per heavy atom. The molecule has 0 N–H and O–H groups in total. The number of hydrogen-bond donors (Lipinski definition) is 0. The number of para-hydroxylation sites is 3. The van der Waals surface area contributed by atoms with E-state index in [9.17, 15) is 0 Å². The fourth-order valence-electron chi connectivity index (χ4n) is 3.28. The molecule has 0 aliphatic carbocycles. The van der Waals surface area contributed by atoms with Crippen LogP contribution in [0.5, 0.6) is 11.5 Å². The lowest BCUT2D eigenvalue weighted by Crippen LogP contribution is -2.46. The molecule has 6 heteroatoms. The number of alkyl halides is 1. The monoisotopic (exact) mass is 383 g/mol. The summed E-state index contributed by atoms with van der Waals surface area (Å²) < 4.78 is 11.5. The van der Waals surface area contributed by atoms with E-state index in [1.54, 1.807) is 0 Å². The Labute approximate surface area is 164 Å². The normalized spacial score (nSPS) is 15.1. The third-order valence-corrected chi connectivity index (χ3v) is 4.95. The number of aromatic nitrogens is 1. The van der Waals surface area contributed by atoms with Crippen LogP contribution in [0, 0.1) is 0 Å². The molecular formula is C21H22ClN3O2. The van der Waals surface area contributed by atoms with Gasteiger partial charge in [-0.25, -0.2) is 0 Å². The van der Waals surface area contributed by atoms with E-state index in [2.05, 4.69) is 27.1 Å². The number of benzene rings is 2. The molecule has 140 valence electrons. The second kappa shape index (κ2) is 8.46. The van der Waals surface area contributed by atoms with E-state index in [-0.39, 0.29) is 0 Å². The molecular weight excluding hydrogens is 362 g/mol. The minimum absolute atomic E-state index is 0.384. The first-order valence-corrected chi connectivity index (χ1v) is 9.65. The SMILES string of the molecule is ClCc1cc(CN2CCN(c3ccccc3Oc3ccccc3)CC2)on1. The highest BCUT2D eigenvalue weighted by molar-refractivity contribution is 6.16. The molecule has 5 nitrogen and oxygen atoms in total. The Hall–Kier alpha value is -2.50. The maximum absolute atomic E-state index is 6.11. The van der Waals surface area contributed by atoms with Crippen LogP contribution in [0.4, 0.5) is 5.69 Å². The number of ether oxygens (including phenoxy) is 1. The molecule has 0 amide bonds. The second-order valence-electron chi connectivity index (χ2n) is 6.56. The lowest BCUT2D eigenvalue weighted by Gasteiger charge is -2.36. The predicted molar refractivity (Wildman–Crippen MR) is 107 cm³/mol. The smallest absolute Gasteiger partial charge is 0.151 e. The number of rotatable bonds is 6. The van der Waals surface area contributed by atoms with E-state index in [4.69, 9.17) is 20.9 Å². The van der Waals surface area contributed by atoms with Gasteiger partial charge in [-0.3, -0.25) is 4.90 Å². The van der Waals surface area contributed by atoms with E-state index >= 15 is 0 Å². The van der Waals surface area contributed by atoms with Gasteiger partial charge in [0.2, 0.25) is 0 Å². The lowest BCUT2D eigenvalue weighted by atomic mass is 10.2. The third kappa shape index (κ3) is 4.43. The molecule has 2 aromatic carbocycles. The average Bonchev–Trinajstić information content (AvgIpc) is 3.18. The van der Waals surface area contributed by atoms with Crippen LogP contribution in [0.2, 0.25) is 0 Å². The molecule has 1 aliphatic heterocycles. The Kier molecular flexibility index (Phi) is 5.61. The number of nitrogens with zero attached hydrogens (tertiary/aromatic N) is 3. The second-order valence-corrected chi connectivity index (χ2v) is 6.83. The van der Waals surface area contributed by atoms with Crippen molar-refractivity contribution in [3.05, 3.63) is 72.1 Å². The van der Waals surface area contributed by atoms with Gasteiger partial charge in [0.1, 0.15) is 5.75 Å². The third-order valence-electron chi connectivity index (χ3n) is 4.67. The highest BCUT2D eigenvalue weighted by Crippen LogP contribution is 2.32. The van der Waals surface area contributed by atoms with Gasteiger partial charge in [0.05, 0.1) is 23.8 Å². The predicted octanol–water partition coefficient (Wildman–Crippen LogP) is 4.53. The molecule has 0 unspecified atom stereocenters. The Balaban J connectivity index is 1.39. The molecule has 4 rings (SSSR count). The van der Waals surface area contributed by atoms with Crippen LogP contribution in [0.15, 0.2) is 65.2 Å². The van der Waals surface area contributed by atoms with Crippen molar-refractivity contribution in [2.75, 3.05) is 31.1 Å². The topological polar surface area (TPSA) is 41.7 Å². The standard InChI is InChI=1S/C21H22ClN3O2/c22-15-17-14-19(27-23-17)16-24-10-12-25(13-11-24)20-8-4-5-9-21(20)26-18-6-2-1-3-7-18/h1-9,14H,10-13,15-16H2. The summed E-state index contributed by atoms with van der Waals surface area (Å²) >= 11 is 5.79. The summed E-state index contributed by atoms with van der Waals surface area (Å²) in [5.74, 6) is 2.99. The maximum atomic E-state index is 6.11. The summed E-state index contributed by atoms with van der Waals surface area (Å²) in [7, 11) is 0. The summed E-state index contributed by atoms with van der Waals surface area (Å²) in [6.07, 6.45) is 0. The van der Waals surface area contributed by atoms with Crippen LogP contribution in [-0.2, 0) is 12.4 Å². The van der Waals surface area contributed by atoms with Crippen LogP contribution in [0.25, 0.3) is 0 Å². The molecule has 1 aliphatic rings. The minimum Gasteiger partial charge on any atom is -0.455 e. The van der Waals surface area contributed by atoms with Gasteiger partial charge in [-0.15, -0.1) is 11.6 Å². The van der Waals surface area contributed by atoms with Crippen molar-refractivity contribution in [1.29, 1.82) is 0 Å². The van der Waals surface area contributed by atoms with Gasteiger partial charge in [-0.05, 0) is 24.3 Å². The van der Waals surface area contributed by atoms with Gasteiger partial charge in [0.15, 0.2) is 11.5 Å². The van der Waals surface area contributed by atoms with Crippen LogP contribution < -0.4 is 9.64 Å². The van der Waals surface area contributed by atoms with Gasteiger partial charge in [0.25, 0.3) is 0 Å². The van der Waals surface area contributed by atoms with Crippen molar-refractivity contribution in [2.45, 2.75) is 12.4 Å². The van der Waals surface area contributed by atoms with Gasteiger partial charge in [0, 0.05) is 32.2 Å². The number of piperazine rings is 1. The fraction of sp³-hybridized carbons (Fsp3) is 0.286. The first-order valence-electron chi connectivity index (χ1n) is 9.11. The van der Waals surface area contributed by atoms with Gasteiger partial charge in [-0.1, -0.05) is 35.5 Å². The molecule has 0 radical (unpaired) electrons. The van der Waals surface area contributed by atoms with E-state index in [0.717, 1.165) is 61.4 Å². The van der Waals surface area contributed by atoms with Crippen LogP contribution >= 0.6 is 11.6 Å². The van der Waals surface area contributed by atoms with Gasteiger partial charge >= 0.3 is 0 Å². The lowest BCUT2D eigenvalue weighted by molar-refractivity contribution is 0.219. The summed E-state index contributed by atoms with van der Waals surface area (Å²) in [5.41, 5.74) is 1.92. The Morgan fingerprint density at radius 2 is 1.70 bits per heavy atom. The van der Waals surface area contributed by atoms with Crippen LogP contribution in [0.3, 0.4) is 0 Å². The summed E-state index contributed by atoms with van der Waals surface area (Å²) in [5, 5.41) is 3.95. The minimum atomic E-state index is 0.384. The zero-order valence-electron chi connectivity index (χ0n) is 15.1. The molecule has 1 fully saturated rings. The number of halogens is 1. The van der Waals surface area contributed by atoms with Crippen LogP contribution in [-0.4, -0.2) is 36.2 Å². The first kappa shape index (κ1) is 17.9. The van der Waals surface area contributed by atoms with Crippen molar-refractivity contribution >= 4 is 17.3 Å². The quantitative estimate of drug-likeness (QED) is 0.585. The van der Waals surface area contributed by atoms with E-state index in [1.807, 2.05) is 48.5 Å². The van der Waals surface area contributed by atoms with Crippen molar-refractivity contribution < 1.29 is 9.26 Å². The summed E-state index contributed by atoms with van der Waals surface area (Å²) in [4.78, 5) is 4.75. The molecule has 0 spiro atoms. The van der Waals surface area contributed by atoms with Crippen molar-refractivity contribution in [2.24, 2.45) is 0 Å². The zero-order valence-corrected chi connectivity index (χ0v) is 15.8. The van der Waals surface area contributed by atoms with Gasteiger partial charge in [-0.2, -0.15) is 0 Å². The Bertz CT molecular complexity index is 861. The van der Waals surface area contributed by atoms with Crippen molar-refractivity contribution in [3.63, 3.8) is 0 Å².